The Morgan fingerprint density at radius 2 is 1.70 bits per heavy atom. The summed E-state index contributed by atoms with van der Waals surface area (Å²) in [6, 6.07) is 19.8. The number of nitrogens with zero attached hydrogens (tertiary/aromatic N) is 1. The zero-order valence-electron chi connectivity index (χ0n) is 16.3. The SMILES string of the molecule is CCOc1ccc(/C=C2\C=C(c3ccccc3)N(c3ccc(F)cc3F)C2=O)cc1. The van der Waals surface area contributed by atoms with Crippen molar-refractivity contribution in [3.63, 3.8) is 0 Å². The molecule has 4 rings (SSSR count). The van der Waals surface area contributed by atoms with Gasteiger partial charge >= 0.3 is 0 Å². The maximum Gasteiger partial charge on any atom is 0.263 e. The number of hydrogen-bond donors (Lipinski definition) is 0. The van der Waals surface area contributed by atoms with Gasteiger partial charge in [-0.1, -0.05) is 42.5 Å². The van der Waals surface area contributed by atoms with Gasteiger partial charge in [-0.3, -0.25) is 9.69 Å². The van der Waals surface area contributed by atoms with Gasteiger partial charge in [0.1, 0.15) is 17.4 Å². The van der Waals surface area contributed by atoms with E-state index in [4.69, 9.17) is 4.74 Å². The summed E-state index contributed by atoms with van der Waals surface area (Å²) in [5, 5.41) is 0. The minimum absolute atomic E-state index is 0.00611. The molecule has 0 saturated heterocycles. The van der Waals surface area contributed by atoms with E-state index in [2.05, 4.69) is 0 Å². The number of amides is 1. The minimum Gasteiger partial charge on any atom is -0.494 e. The lowest BCUT2D eigenvalue weighted by Crippen LogP contribution is -2.26. The topological polar surface area (TPSA) is 29.5 Å². The number of carbonyl (C=O) groups excluding carboxylic acids is 1. The third-order valence-electron chi connectivity index (χ3n) is 4.72. The molecule has 1 aliphatic rings. The molecule has 0 fully saturated rings. The normalized spacial score (nSPS) is 14.9. The number of hydrogen-bond acceptors (Lipinski definition) is 2. The van der Waals surface area contributed by atoms with Crippen LogP contribution in [0.15, 0.2) is 84.4 Å². The highest BCUT2D eigenvalue weighted by atomic mass is 19.1. The predicted octanol–water partition coefficient (Wildman–Crippen LogP) is 5.83. The van der Waals surface area contributed by atoms with Gasteiger partial charge in [-0.05, 0) is 54.5 Å². The summed E-state index contributed by atoms with van der Waals surface area (Å²) in [5.41, 5.74) is 2.51. The second-order valence-corrected chi connectivity index (χ2v) is 6.73. The van der Waals surface area contributed by atoms with Gasteiger partial charge in [0.25, 0.3) is 5.91 Å². The standard InChI is InChI=1S/C25H19F2NO2/c1-2-30-21-11-8-17(9-12-21)14-19-15-24(18-6-4-3-5-7-18)28(25(19)29)23-13-10-20(26)16-22(23)27/h3-16H,2H2,1H3/b19-14+. The first-order valence-corrected chi connectivity index (χ1v) is 9.58. The second kappa shape index (κ2) is 8.33. The van der Waals surface area contributed by atoms with Gasteiger partial charge in [-0.25, -0.2) is 8.78 Å². The molecule has 0 aliphatic carbocycles. The highest BCUT2D eigenvalue weighted by molar-refractivity contribution is 6.23. The number of rotatable bonds is 5. The first kappa shape index (κ1) is 19.6. The number of ether oxygens (including phenoxy) is 1. The Labute approximate surface area is 173 Å². The van der Waals surface area contributed by atoms with Gasteiger partial charge in [0.2, 0.25) is 0 Å². The lowest BCUT2D eigenvalue weighted by atomic mass is 10.1. The largest absolute Gasteiger partial charge is 0.494 e. The number of benzene rings is 3. The van der Waals surface area contributed by atoms with E-state index >= 15 is 0 Å². The molecule has 1 heterocycles. The van der Waals surface area contributed by atoms with Crippen molar-refractivity contribution in [2.24, 2.45) is 0 Å². The molecule has 5 heteroatoms. The summed E-state index contributed by atoms with van der Waals surface area (Å²) in [4.78, 5) is 14.5. The van der Waals surface area contributed by atoms with Gasteiger partial charge in [0.05, 0.1) is 18.0 Å². The van der Waals surface area contributed by atoms with E-state index in [1.807, 2.05) is 61.5 Å². The van der Waals surface area contributed by atoms with Crippen molar-refractivity contribution in [2.75, 3.05) is 11.5 Å². The summed E-state index contributed by atoms with van der Waals surface area (Å²) in [6.45, 7) is 2.48. The Kier molecular flexibility index (Phi) is 5.44. The Morgan fingerprint density at radius 3 is 2.37 bits per heavy atom. The van der Waals surface area contributed by atoms with E-state index in [0.717, 1.165) is 29.0 Å². The van der Waals surface area contributed by atoms with Gasteiger partial charge in [0.15, 0.2) is 0 Å². The molecule has 150 valence electrons. The quantitative estimate of drug-likeness (QED) is 0.501. The summed E-state index contributed by atoms with van der Waals surface area (Å²) in [7, 11) is 0. The fourth-order valence-corrected chi connectivity index (χ4v) is 3.35. The molecule has 0 bridgehead atoms. The van der Waals surface area contributed by atoms with Gasteiger partial charge in [-0.2, -0.15) is 0 Å². The molecule has 3 nitrogen and oxygen atoms in total. The van der Waals surface area contributed by atoms with Gasteiger partial charge in [0, 0.05) is 11.6 Å². The zero-order valence-corrected chi connectivity index (χ0v) is 16.3. The summed E-state index contributed by atoms with van der Waals surface area (Å²) in [6.07, 6.45) is 3.46. The van der Waals surface area contributed by atoms with E-state index in [-0.39, 0.29) is 11.6 Å². The molecule has 1 amide bonds. The first-order chi connectivity index (χ1) is 14.6. The molecule has 0 unspecified atom stereocenters. The van der Waals surface area contributed by atoms with Gasteiger partial charge < -0.3 is 4.74 Å². The average Bonchev–Trinajstić information content (AvgIpc) is 3.06. The van der Waals surface area contributed by atoms with Crippen molar-refractivity contribution >= 4 is 23.4 Å². The van der Waals surface area contributed by atoms with Crippen molar-refractivity contribution < 1.29 is 18.3 Å². The maximum absolute atomic E-state index is 14.5. The first-order valence-electron chi connectivity index (χ1n) is 9.58. The van der Waals surface area contributed by atoms with E-state index in [9.17, 15) is 13.6 Å². The Bertz CT molecular complexity index is 1140. The molecular formula is C25H19F2NO2. The molecule has 30 heavy (non-hydrogen) atoms. The highest BCUT2D eigenvalue weighted by Gasteiger charge is 2.32. The number of halogens is 2. The lowest BCUT2D eigenvalue weighted by Gasteiger charge is -2.21. The molecule has 3 aromatic rings. The predicted molar refractivity (Wildman–Crippen MR) is 114 cm³/mol. The minimum atomic E-state index is -0.799. The van der Waals surface area contributed by atoms with Crippen molar-refractivity contribution in [1.29, 1.82) is 0 Å². The van der Waals surface area contributed by atoms with Crippen molar-refractivity contribution in [3.05, 3.63) is 107 Å². The van der Waals surface area contributed by atoms with E-state index in [1.165, 1.54) is 11.0 Å². The van der Waals surface area contributed by atoms with Crippen LogP contribution in [0.3, 0.4) is 0 Å². The second-order valence-electron chi connectivity index (χ2n) is 6.73. The van der Waals surface area contributed by atoms with Crippen LogP contribution in [0.2, 0.25) is 0 Å². The molecule has 0 aromatic heterocycles. The van der Waals surface area contributed by atoms with Crippen LogP contribution in [0.1, 0.15) is 18.1 Å². The molecular weight excluding hydrogens is 384 g/mol. The van der Waals surface area contributed by atoms with Crippen LogP contribution in [-0.4, -0.2) is 12.5 Å². The molecule has 0 radical (unpaired) electrons. The van der Waals surface area contributed by atoms with Gasteiger partial charge in [-0.15, -0.1) is 0 Å². The summed E-state index contributed by atoms with van der Waals surface area (Å²) in [5.74, 6) is -1.13. The maximum atomic E-state index is 14.5. The molecule has 1 aliphatic heterocycles. The summed E-state index contributed by atoms with van der Waals surface area (Å²) < 4.78 is 33.4. The van der Waals surface area contributed by atoms with E-state index in [1.54, 1.807) is 12.2 Å². The molecule has 0 saturated carbocycles. The monoisotopic (exact) mass is 403 g/mol. The van der Waals surface area contributed by atoms with Crippen LogP contribution in [0.4, 0.5) is 14.5 Å². The number of anilines is 1. The fraction of sp³-hybridized carbons (Fsp3) is 0.0800. The van der Waals surface area contributed by atoms with E-state index in [0.29, 0.717) is 17.9 Å². The van der Waals surface area contributed by atoms with Crippen molar-refractivity contribution in [3.8, 4) is 5.75 Å². The molecule has 0 N–H and O–H groups in total. The smallest absolute Gasteiger partial charge is 0.263 e. The van der Waals surface area contributed by atoms with Crippen LogP contribution in [0.5, 0.6) is 5.75 Å². The van der Waals surface area contributed by atoms with Crippen LogP contribution in [0, 0.1) is 11.6 Å². The van der Waals surface area contributed by atoms with E-state index < -0.39 is 11.6 Å². The lowest BCUT2D eigenvalue weighted by molar-refractivity contribution is -0.113. The Balaban J connectivity index is 1.77. The van der Waals surface area contributed by atoms with Crippen LogP contribution >= 0.6 is 0 Å². The van der Waals surface area contributed by atoms with Crippen molar-refractivity contribution in [2.45, 2.75) is 6.92 Å². The molecule has 0 spiro atoms. The third kappa shape index (κ3) is 3.87. The Hall–Kier alpha value is -3.73. The molecule has 3 aromatic carbocycles. The van der Waals surface area contributed by atoms with Crippen molar-refractivity contribution in [1.82, 2.24) is 0 Å². The van der Waals surface area contributed by atoms with Crippen LogP contribution in [-0.2, 0) is 4.79 Å². The van der Waals surface area contributed by atoms with Crippen LogP contribution in [0.25, 0.3) is 11.8 Å². The Morgan fingerprint density at radius 1 is 0.967 bits per heavy atom. The van der Waals surface area contributed by atoms with Crippen LogP contribution < -0.4 is 9.64 Å². The fourth-order valence-electron chi connectivity index (χ4n) is 3.35. The zero-order chi connectivity index (χ0) is 21.1. The average molecular weight is 403 g/mol. The molecule has 0 atom stereocenters. The summed E-state index contributed by atoms with van der Waals surface area (Å²) >= 11 is 0. The number of carbonyl (C=O) groups is 1. The third-order valence-corrected chi connectivity index (χ3v) is 4.72. The highest BCUT2D eigenvalue weighted by Crippen LogP contribution is 2.36.